The van der Waals surface area contributed by atoms with Crippen LogP contribution in [0.15, 0.2) is 35.7 Å². The standard InChI is InChI=1S/C17H23N3O2/c1-4-6-11-19-13-9-7-8-10-14(13)20-15(16(21)22-5-2)12(3)18-17(19)20/h7-10,17-18H,4-6,11H2,1-3H3. The highest BCUT2D eigenvalue weighted by molar-refractivity contribution is 5.98. The molecule has 0 aromatic heterocycles. The number of benzene rings is 1. The molecule has 3 rings (SSSR count). The topological polar surface area (TPSA) is 44.8 Å². The molecule has 2 aliphatic heterocycles. The van der Waals surface area contributed by atoms with E-state index in [4.69, 9.17) is 4.74 Å². The third-order valence-corrected chi connectivity index (χ3v) is 4.15. The highest BCUT2D eigenvalue weighted by Gasteiger charge is 2.44. The maximum Gasteiger partial charge on any atom is 0.356 e. The number of ether oxygens (including phenoxy) is 1. The molecule has 2 aliphatic rings. The van der Waals surface area contributed by atoms with Gasteiger partial charge in [0.2, 0.25) is 0 Å². The minimum absolute atomic E-state index is 0.0247. The number of para-hydroxylation sites is 2. The van der Waals surface area contributed by atoms with E-state index in [1.165, 1.54) is 5.69 Å². The van der Waals surface area contributed by atoms with Gasteiger partial charge in [0.1, 0.15) is 5.70 Å². The lowest BCUT2D eigenvalue weighted by atomic mass is 10.2. The van der Waals surface area contributed by atoms with Gasteiger partial charge in [0, 0.05) is 12.2 Å². The van der Waals surface area contributed by atoms with E-state index >= 15 is 0 Å². The molecule has 22 heavy (non-hydrogen) atoms. The summed E-state index contributed by atoms with van der Waals surface area (Å²) < 4.78 is 5.24. The van der Waals surface area contributed by atoms with Gasteiger partial charge in [-0.3, -0.25) is 4.90 Å². The summed E-state index contributed by atoms with van der Waals surface area (Å²) >= 11 is 0. The first kappa shape index (κ1) is 14.8. The van der Waals surface area contributed by atoms with Gasteiger partial charge in [0.15, 0.2) is 6.29 Å². The van der Waals surface area contributed by atoms with E-state index in [0.29, 0.717) is 12.3 Å². The molecule has 118 valence electrons. The molecular formula is C17H23N3O2. The van der Waals surface area contributed by atoms with Crippen molar-refractivity contribution in [3.8, 4) is 0 Å². The van der Waals surface area contributed by atoms with Crippen LogP contribution >= 0.6 is 0 Å². The fraction of sp³-hybridized carbons (Fsp3) is 0.471. The minimum atomic E-state index is -0.262. The lowest BCUT2D eigenvalue weighted by Crippen LogP contribution is -2.48. The summed E-state index contributed by atoms with van der Waals surface area (Å²) in [6, 6.07) is 8.23. The second kappa shape index (κ2) is 5.91. The van der Waals surface area contributed by atoms with Crippen molar-refractivity contribution in [1.29, 1.82) is 0 Å². The van der Waals surface area contributed by atoms with Crippen LogP contribution in [0.2, 0.25) is 0 Å². The molecular weight excluding hydrogens is 278 g/mol. The number of rotatable bonds is 5. The van der Waals surface area contributed by atoms with E-state index in [-0.39, 0.29) is 12.3 Å². The van der Waals surface area contributed by atoms with Gasteiger partial charge < -0.3 is 15.0 Å². The number of allylic oxidation sites excluding steroid dienone is 1. The Morgan fingerprint density at radius 3 is 2.68 bits per heavy atom. The maximum absolute atomic E-state index is 12.3. The number of unbranched alkanes of at least 4 members (excludes halogenated alkanes) is 1. The van der Waals surface area contributed by atoms with Crippen molar-refractivity contribution >= 4 is 17.3 Å². The number of carbonyl (C=O) groups is 1. The zero-order valence-corrected chi connectivity index (χ0v) is 13.4. The van der Waals surface area contributed by atoms with E-state index in [1.54, 1.807) is 0 Å². The molecule has 1 N–H and O–H groups in total. The number of nitrogens with one attached hydrogen (secondary N) is 1. The molecule has 0 saturated carbocycles. The molecule has 0 radical (unpaired) electrons. The first-order valence-corrected chi connectivity index (χ1v) is 7.98. The van der Waals surface area contributed by atoms with Gasteiger partial charge in [-0.05, 0) is 32.4 Å². The first-order valence-electron chi connectivity index (χ1n) is 7.98. The Morgan fingerprint density at radius 2 is 2.00 bits per heavy atom. The molecule has 0 aliphatic carbocycles. The Labute approximate surface area is 131 Å². The number of anilines is 2. The normalized spacial score (nSPS) is 19.1. The van der Waals surface area contributed by atoms with E-state index in [0.717, 1.165) is 30.8 Å². The summed E-state index contributed by atoms with van der Waals surface area (Å²) in [6.45, 7) is 7.31. The second-order valence-corrected chi connectivity index (χ2v) is 5.62. The molecule has 0 amide bonds. The Morgan fingerprint density at radius 1 is 1.27 bits per heavy atom. The average molecular weight is 301 g/mol. The van der Waals surface area contributed by atoms with Crippen LogP contribution in [0.1, 0.15) is 33.6 Å². The SMILES string of the molecule is CCCCN1c2ccccc2N2C(C(=O)OCC)=C(C)NC12. The molecule has 2 heterocycles. The van der Waals surface area contributed by atoms with Gasteiger partial charge in [0.05, 0.1) is 18.0 Å². The molecule has 5 heteroatoms. The van der Waals surface area contributed by atoms with Gasteiger partial charge in [0.25, 0.3) is 0 Å². The van der Waals surface area contributed by atoms with Crippen LogP contribution in [0.4, 0.5) is 11.4 Å². The molecule has 1 unspecified atom stereocenters. The summed E-state index contributed by atoms with van der Waals surface area (Å²) in [7, 11) is 0. The van der Waals surface area contributed by atoms with E-state index < -0.39 is 0 Å². The van der Waals surface area contributed by atoms with E-state index in [1.807, 2.05) is 26.0 Å². The van der Waals surface area contributed by atoms with Gasteiger partial charge in [-0.25, -0.2) is 4.79 Å². The summed E-state index contributed by atoms with van der Waals surface area (Å²) in [5.41, 5.74) is 3.73. The maximum atomic E-state index is 12.3. The van der Waals surface area contributed by atoms with Crippen molar-refractivity contribution in [3.63, 3.8) is 0 Å². The van der Waals surface area contributed by atoms with Crippen molar-refractivity contribution in [2.45, 2.75) is 39.9 Å². The van der Waals surface area contributed by atoms with Gasteiger partial charge >= 0.3 is 5.97 Å². The molecule has 0 fully saturated rings. The predicted molar refractivity (Wildman–Crippen MR) is 87.4 cm³/mol. The predicted octanol–water partition coefficient (Wildman–Crippen LogP) is 2.79. The Bertz CT molecular complexity index is 612. The molecule has 1 aromatic carbocycles. The molecule has 1 atom stereocenters. The average Bonchev–Trinajstić information content (AvgIpc) is 2.99. The zero-order valence-electron chi connectivity index (χ0n) is 13.4. The number of carbonyl (C=O) groups excluding carboxylic acids is 1. The Hall–Kier alpha value is -2.17. The molecule has 0 spiro atoms. The summed E-state index contributed by atoms with van der Waals surface area (Å²) in [5.74, 6) is -0.262. The molecule has 5 nitrogen and oxygen atoms in total. The first-order chi connectivity index (χ1) is 10.7. The number of nitrogens with zero attached hydrogens (tertiary/aromatic N) is 2. The molecule has 0 saturated heterocycles. The second-order valence-electron chi connectivity index (χ2n) is 5.62. The zero-order chi connectivity index (χ0) is 15.7. The van der Waals surface area contributed by atoms with Crippen LogP contribution in [0.5, 0.6) is 0 Å². The lowest BCUT2D eigenvalue weighted by Gasteiger charge is -2.28. The van der Waals surface area contributed by atoms with Crippen molar-refractivity contribution in [2.24, 2.45) is 0 Å². The highest BCUT2D eigenvalue weighted by atomic mass is 16.5. The largest absolute Gasteiger partial charge is 0.461 e. The van der Waals surface area contributed by atoms with Crippen LogP contribution in [-0.2, 0) is 9.53 Å². The van der Waals surface area contributed by atoms with Crippen LogP contribution in [0.3, 0.4) is 0 Å². The summed E-state index contributed by atoms with van der Waals surface area (Å²) in [4.78, 5) is 16.7. The fourth-order valence-electron chi connectivity index (χ4n) is 3.16. The van der Waals surface area contributed by atoms with Gasteiger partial charge in [-0.2, -0.15) is 0 Å². The quantitative estimate of drug-likeness (QED) is 0.847. The van der Waals surface area contributed by atoms with Crippen LogP contribution < -0.4 is 15.1 Å². The number of hydrogen-bond donors (Lipinski definition) is 1. The van der Waals surface area contributed by atoms with Crippen molar-refractivity contribution in [3.05, 3.63) is 35.7 Å². The van der Waals surface area contributed by atoms with Gasteiger partial charge in [-0.1, -0.05) is 25.5 Å². The smallest absolute Gasteiger partial charge is 0.356 e. The van der Waals surface area contributed by atoms with Crippen molar-refractivity contribution in [1.82, 2.24) is 5.32 Å². The van der Waals surface area contributed by atoms with Crippen LogP contribution in [0.25, 0.3) is 0 Å². The Kier molecular flexibility index (Phi) is 3.96. The monoisotopic (exact) mass is 301 g/mol. The highest BCUT2D eigenvalue weighted by Crippen LogP contribution is 2.44. The van der Waals surface area contributed by atoms with E-state index in [2.05, 4.69) is 34.2 Å². The summed E-state index contributed by atoms with van der Waals surface area (Å²) in [6.07, 6.45) is 2.24. The van der Waals surface area contributed by atoms with Crippen LogP contribution in [0, 0.1) is 0 Å². The number of hydrogen-bond acceptors (Lipinski definition) is 5. The summed E-state index contributed by atoms with van der Waals surface area (Å²) in [5, 5.41) is 3.44. The number of fused-ring (bicyclic) bond motifs is 3. The van der Waals surface area contributed by atoms with E-state index in [9.17, 15) is 4.79 Å². The third kappa shape index (κ3) is 2.21. The lowest BCUT2D eigenvalue weighted by molar-refractivity contribution is -0.138. The molecule has 1 aromatic rings. The Balaban J connectivity index is 1.98. The number of esters is 1. The third-order valence-electron chi connectivity index (χ3n) is 4.15. The van der Waals surface area contributed by atoms with Crippen LogP contribution in [-0.4, -0.2) is 25.4 Å². The van der Waals surface area contributed by atoms with Crippen molar-refractivity contribution < 1.29 is 9.53 Å². The van der Waals surface area contributed by atoms with Crippen molar-refractivity contribution in [2.75, 3.05) is 23.0 Å². The minimum Gasteiger partial charge on any atom is -0.461 e. The van der Waals surface area contributed by atoms with Gasteiger partial charge in [-0.15, -0.1) is 0 Å². The fourth-order valence-corrected chi connectivity index (χ4v) is 3.16. The molecule has 0 bridgehead atoms.